The summed E-state index contributed by atoms with van der Waals surface area (Å²) in [5.74, 6) is 0.773. The van der Waals surface area contributed by atoms with Crippen LogP contribution in [0.4, 0.5) is 11.5 Å². The molecule has 2 aromatic heterocycles. The molecule has 0 amide bonds. The molecule has 1 aromatic carbocycles. The van der Waals surface area contributed by atoms with Gasteiger partial charge in [-0.3, -0.25) is 0 Å². The third kappa shape index (κ3) is 2.74. The Hall–Kier alpha value is -1.65. The first-order chi connectivity index (χ1) is 10.1. The van der Waals surface area contributed by atoms with Crippen LogP contribution in [0.25, 0.3) is 10.2 Å². The van der Waals surface area contributed by atoms with E-state index in [1.807, 2.05) is 6.07 Å². The zero-order chi connectivity index (χ0) is 15.0. The van der Waals surface area contributed by atoms with Crippen LogP contribution in [-0.2, 0) is 6.42 Å². The van der Waals surface area contributed by atoms with Crippen molar-refractivity contribution in [1.82, 2.24) is 9.97 Å². The van der Waals surface area contributed by atoms with Gasteiger partial charge in [0, 0.05) is 10.6 Å². The van der Waals surface area contributed by atoms with Crippen molar-refractivity contribution >= 4 is 44.7 Å². The molecule has 0 aliphatic carbocycles. The summed E-state index contributed by atoms with van der Waals surface area (Å²) in [6.45, 7) is 6.34. The van der Waals surface area contributed by atoms with Gasteiger partial charge < -0.3 is 5.32 Å². The SMILES string of the molecule is CCc1cc2c(Nc3cccc(C)c3C)nc(Cl)nc2s1. The molecule has 1 N–H and O–H groups in total. The van der Waals surface area contributed by atoms with Crippen LogP contribution in [0.1, 0.15) is 22.9 Å². The Morgan fingerprint density at radius 2 is 2.05 bits per heavy atom. The van der Waals surface area contributed by atoms with Gasteiger partial charge in [-0.15, -0.1) is 11.3 Å². The summed E-state index contributed by atoms with van der Waals surface area (Å²) in [7, 11) is 0. The number of aryl methyl sites for hydroxylation is 2. The lowest BCUT2D eigenvalue weighted by Gasteiger charge is -2.11. The highest BCUT2D eigenvalue weighted by Gasteiger charge is 2.12. The molecule has 0 unspecified atom stereocenters. The monoisotopic (exact) mass is 317 g/mol. The fraction of sp³-hybridized carbons (Fsp3) is 0.250. The minimum atomic E-state index is 0.278. The van der Waals surface area contributed by atoms with Crippen molar-refractivity contribution < 1.29 is 0 Å². The average molecular weight is 318 g/mol. The summed E-state index contributed by atoms with van der Waals surface area (Å²) in [5.41, 5.74) is 3.51. The van der Waals surface area contributed by atoms with Crippen LogP contribution in [-0.4, -0.2) is 9.97 Å². The Balaban J connectivity index is 2.11. The summed E-state index contributed by atoms with van der Waals surface area (Å²) in [6, 6.07) is 8.33. The molecule has 5 heteroatoms. The molecule has 3 nitrogen and oxygen atoms in total. The Bertz CT molecular complexity index is 811. The van der Waals surface area contributed by atoms with E-state index in [1.165, 1.54) is 16.0 Å². The second-order valence-electron chi connectivity index (χ2n) is 5.00. The van der Waals surface area contributed by atoms with Crippen molar-refractivity contribution in [3.8, 4) is 0 Å². The number of aromatic nitrogens is 2. The van der Waals surface area contributed by atoms with Crippen molar-refractivity contribution in [3.05, 3.63) is 45.6 Å². The van der Waals surface area contributed by atoms with Gasteiger partial charge >= 0.3 is 0 Å². The number of hydrogen-bond donors (Lipinski definition) is 1. The van der Waals surface area contributed by atoms with Gasteiger partial charge in [-0.05, 0) is 55.1 Å². The zero-order valence-electron chi connectivity index (χ0n) is 12.2. The second kappa shape index (κ2) is 5.62. The lowest BCUT2D eigenvalue weighted by molar-refractivity contribution is 1.19. The van der Waals surface area contributed by atoms with Gasteiger partial charge in [0.05, 0.1) is 5.39 Å². The summed E-state index contributed by atoms with van der Waals surface area (Å²) in [5, 5.41) is 4.71. The van der Waals surface area contributed by atoms with Crippen LogP contribution in [0.15, 0.2) is 24.3 Å². The van der Waals surface area contributed by atoms with Gasteiger partial charge in [0.1, 0.15) is 10.6 Å². The highest BCUT2D eigenvalue weighted by molar-refractivity contribution is 7.18. The van der Waals surface area contributed by atoms with E-state index in [9.17, 15) is 0 Å². The maximum Gasteiger partial charge on any atom is 0.225 e. The predicted molar refractivity (Wildman–Crippen MR) is 91.0 cm³/mol. The third-order valence-electron chi connectivity index (χ3n) is 3.62. The van der Waals surface area contributed by atoms with Gasteiger partial charge in [0.15, 0.2) is 0 Å². The van der Waals surface area contributed by atoms with Crippen LogP contribution in [0, 0.1) is 13.8 Å². The molecule has 21 heavy (non-hydrogen) atoms. The van der Waals surface area contributed by atoms with Crippen LogP contribution in [0.5, 0.6) is 0 Å². The molecule has 3 aromatic rings. The molecule has 0 saturated carbocycles. The number of thiophene rings is 1. The van der Waals surface area contributed by atoms with Gasteiger partial charge in [0.2, 0.25) is 5.28 Å². The largest absolute Gasteiger partial charge is 0.339 e. The highest BCUT2D eigenvalue weighted by atomic mass is 35.5. The first-order valence-corrected chi connectivity index (χ1v) is 8.07. The molecule has 3 rings (SSSR count). The maximum absolute atomic E-state index is 6.06. The fourth-order valence-corrected chi connectivity index (χ4v) is 3.42. The van der Waals surface area contributed by atoms with Crippen molar-refractivity contribution in [2.24, 2.45) is 0 Å². The van der Waals surface area contributed by atoms with Gasteiger partial charge in [-0.1, -0.05) is 19.1 Å². The molecule has 0 saturated heterocycles. The molecule has 108 valence electrons. The molecular formula is C16H16ClN3S. The van der Waals surface area contributed by atoms with Crippen molar-refractivity contribution in [2.45, 2.75) is 27.2 Å². The molecule has 0 radical (unpaired) electrons. The van der Waals surface area contributed by atoms with E-state index in [2.05, 4.69) is 54.3 Å². The Kier molecular flexibility index (Phi) is 3.83. The number of anilines is 2. The van der Waals surface area contributed by atoms with E-state index in [1.54, 1.807) is 11.3 Å². The maximum atomic E-state index is 6.06. The minimum Gasteiger partial charge on any atom is -0.339 e. The van der Waals surface area contributed by atoms with Crippen molar-refractivity contribution in [2.75, 3.05) is 5.32 Å². The molecule has 0 spiro atoms. The fourth-order valence-electron chi connectivity index (χ4n) is 2.23. The van der Waals surface area contributed by atoms with Crippen molar-refractivity contribution in [1.29, 1.82) is 0 Å². The first-order valence-electron chi connectivity index (χ1n) is 6.87. The van der Waals surface area contributed by atoms with Crippen LogP contribution in [0.2, 0.25) is 5.28 Å². The van der Waals surface area contributed by atoms with Gasteiger partial charge in [-0.25, -0.2) is 4.98 Å². The normalized spacial score (nSPS) is 11.0. The van der Waals surface area contributed by atoms with E-state index in [-0.39, 0.29) is 5.28 Å². The van der Waals surface area contributed by atoms with E-state index < -0.39 is 0 Å². The molecule has 0 aliphatic rings. The van der Waals surface area contributed by atoms with E-state index in [4.69, 9.17) is 11.6 Å². The minimum absolute atomic E-state index is 0.278. The number of benzene rings is 1. The summed E-state index contributed by atoms with van der Waals surface area (Å²) in [4.78, 5) is 10.9. The molecule has 2 heterocycles. The Morgan fingerprint density at radius 1 is 1.24 bits per heavy atom. The lowest BCUT2D eigenvalue weighted by Crippen LogP contribution is -1.98. The zero-order valence-corrected chi connectivity index (χ0v) is 13.8. The first kappa shape index (κ1) is 14.3. The third-order valence-corrected chi connectivity index (χ3v) is 4.96. The number of hydrogen-bond acceptors (Lipinski definition) is 4. The number of rotatable bonds is 3. The van der Waals surface area contributed by atoms with Crippen LogP contribution in [0.3, 0.4) is 0 Å². The van der Waals surface area contributed by atoms with Crippen LogP contribution < -0.4 is 5.32 Å². The predicted octanol–water partition coefficient (Wildman–Crippen LogP) is 5.27. The lowest BCUT2D eigenvalue weighted by atomic mass is 10.1. The Morgan fingerprint density at radius 3 is 2.81 bits per heavy atom. The number of nitrogens with one attached hydrogen (secondary N) is 1. The highest BCUT2D eigenvalue weighted by Crippen LogP contribution is 2.32. The summed E-state index contributed by atoms with van der Waals surface area (Å²) < 4.78 is 0. The van der Waals surface area contributed by atoms with Gasteiger partial charge in [-0.2, -0.15) is 4.98 Å². The molecule has 0 bridgehead atoms. The topological polar surface area (TPSA) is 37.8 Å². The number of nitrogens with zero attached hydrogens (tertiary/aromatic N) is 2. The van der Waals surface area contributed by atoms with Crippen molar-refractivity contribution in [3.63, 3.8) is 0 Å². The Labute approximate surface area is 133 Å². The summed E-state index contributed by atoms with van der Waals surface area (Å²) in [6.07, 6.45) is 0.988. The van der Waals surface area contributed by atoms with Crippen LogP contribution >= 0.6 is 22.9 Å². The van der Waals surface area contributed by atoms with E-state index in [0.29, 0.717) is 0 Å². The second-order valence-corrected chi connectivity index (χ2v) is 6.45. The number of halogens is 1. The van der Waals surface area contributed by atoms with E-state index >= 15 is 0 Å². The summed E-state index contributed by atoms with van der Waals surface area (Å²) >= 11 is 7.73. The quantitative estimate of drug-likeness (QED) is 0.669. The molecule has 0 fully saturated rings. The molecule has 0 aliphatic heterocycles. The smallest absolute Gasteiger partial charge is 0.225 e. The van der Waals surface area contributed by atoms with E-state index in [0.717, 1.165) is 28.1 Å². The molecule has 0 atom stereocenters. The standard InChI is InChI=1S/C16H16ClN3S/c1-4-11-8-12-14(19-16(17)20-15(12)21-11)18-13-7-5-6-9(2)10(13)3/h5-8H,4H2,1-3H3,(H,18,19,20). The number of fused-ring (bicyclic) bond motifs is 1. The van der Waals surface area contributed by atoms with Gasteiger partial charge in [0.25, 0.3) is 0 Å². The molecular weight excluding hydrogens is 302 g/mol. The average Bonchev–Trinajstić information content (AvgIpc) is 2.87.